The summed E-state index contributed by atoms with van der Waals surface area (Å²) < 4.78 is 1.63. The van der Waals surface area contributed by atoms with Crippen LogP contribution >= 0.6 is 23.1 Å². The number of benzene rings is 2. The number of thioether (sulfide) groups is 1. The summed E-state index contributed by atoms with van der Waals surface area (Å²) in [6.45, 7) is 0. The van der Waals surface area contributed by atoms with E-state index in [0.717, 1.165) is 40.2 Å². The van der Waals surface area contributed by atoms with Gasteiger partial charge in [0.05, 0.1) is 27.1 Å². The van der Waals surface area contributed by atoms with Gasteiger partial charge in [-0.05, 0) is 43.2 Å². The SMILES string of the molecule is NC(=O)CSc1nc2ccc(NC(=O)c3ccccc3C(=O)NC3CCCCC3)cc2s1. The van der Waals surface area contributed by atoms with E-state index >= 15 is 0 Å². The van der Waals surface area contributed by atoms with Gasteiger partial charge in [-0.15, -0.1) is 11.3 Å². The number of amides is 3. The number of carbonyl (C=O) groups excluding carboxylic acids is 3. The highest BCUT2D eigenvalue weighted by atomic mass is 32.2. The Morgan fingerprint density at radius 2 is 1.75 bits per heavy atom. The van der Waals surface area contributed by atoms with Crippen LogP contribution in [-0.2, 0) is 4.79 Å². The third-order valence-electron chi connectivity index (χ3n) is 5.32. The van der Waals surface area contributed by atoms with Crippen molar-refractivity contribution in [1.82, 2.24) is 10.3 Å². The number of nitrogens with two attached hydrogens (primary N) is 1. The normalized spacial score (nSPS) is 14.2. The molecule has 4 N–H and O–H groups in total. The zero-order chi connectivity index (χ0) is 22.5. The van der Waals surface area contributed by atoms with Gasteiger partial charge in [-0.1, -0.05) is 43.2 Å². The first-order valence-electron chi connectivity index (χ1n) is 10.5. The zero-order valence-electron chi connectivity index (χ0n) is 17.4. The molecular formula is C23H24N4O3S2. The molecule has 0 unspecified atom stereocenters. The highest BCUT2D eigenvalue weighted by Gasteiger charge is 2.21. The fourth-order valence-electron chi connectivity index (χ4n) is 3.76. The van der Waals surface area contributed by atoms with Crippen molar-refractivity contribution in [1.29, 1.82) is 0 Å². The second-order valence-corrected chi connectivity index (χ2v) is 9.98. The van der Waals surface area contributed by atoms with E-state index in [1.54, 1.807) is 30.3 Å². The average Bonchev–Trinajstić information content (AvgIpc) is 3.20. The van der Waals surface area contributed by atoms with E-state index < -0.39 is 5.91 Å². The number of fused-ring (bicyclic) bond motifs is 1. The van der Waals surface area contributed by atoms with E-state index in [1.165, 1.54) is 29.5 Å². The molecule has 9 heteroatoms. The monoisotopic (exact) mass is 468 g/mol. The molecular weight excluding hydrogens is 444 g/mol. The molecule has 1 aromatic heterocycles. The Bertz CT molecular complexity index is 1160. The van der Waals surface area contributed by atoms with Gasteiger partial charge in [0.15, 0.2) is 4.34 Å². The van der Waals surface area contributed by atoms with E-state index in [0.29, 0.717) is 16.8 Å². The minimum atomic E-state index is -0.395. The Balaban J connectivity index is 1.48. The highest BCUT2D eigenvalue weighted by molar-refractivity contribution is 8.01. The molecule has 1 saturated carbocycles. The number of anilines is 1. The summed E-state index contributed by atoms with van der Waals surface area (Å²) in [5, 5.41) is 5.97. The van der Waals surface area contributed by atoms with Gasteiger partial charge >= 0.3 is 0 Å². The zero-order valence-corrected chi connectivity index (χ0v) is 19.1. The molecule has 0 spiro atoms. The van der Waals surface area contributed by atoms with Gasteiger partial charge in [0.1, 0.15) is 0 Å². The fourth-order valence-corrected chi connectivity index (χ4v) is 5.61. The van der Waals surface area contributed by atoms with Crippen molar-refractivity contribution in [2.24, 2.45) is 5.73 Å². The maximum absolute atomic E-state index is 13.0. The summed E-state index contributed by atoms with van der Waals surface area (Å²) in [6.07, 6.45) is 5.41. The number of thiazole rings is 1. The van der Waals surface area contributed by atoms with Gasteiger partial charge in [-0.3, -0.25) is 14.4 Å². The van der Waals surface area contributed by atoms with Crippen molar-refractivity contribution in [2.45, 2.75) is 42.5 Å². The molecule has 166 valence electrons. The molecule has 1 fully saturated rings. The second kappa shape index (κ2) is 10.1. The van der Waals surface area contributed by atoms with E-state index in [1.807, 2.05) is 12.1 Å². The number of carbonyl (C=O) groups is 3. The van der Waals surface area contributed by atoms with E-state index in [4.69, 9.17) is 5.73 Å². The summed E-state index contributed by atoms with van der Waals surface area (Å²) in [4.78, 5) is 41.3. The topological polar surface area (TPSA) is 114 Å². The first-order chi connectivity index (χ1) is 15.5. The van der Waals surface area contributed by atoms with Gasteiger partial charge in [-0.25, -0.2) is 4.98 Å². The molecule has 4 rings (SSSR count). The van der Waals surface area contributed by atoms with Crippen LogP contribution in [0, 0.1) is 0 Å². The first kappa shape index (κ1) is 22.3. The Labute approximate surface area is 194 Å². The summed E-state index contributed by atoms with van der Waals surface area (Å²) >= 11 is 2.72. The highest BCUT2D eigenvalue weighted by Crippen LogP contribution is 2.31. The van der Waals surface area contributed by atoms with Gasteiger partial charge in [0.25, 0.3) is 11.8 Å². The Morgan fingerprint density at radius 3 is 2.47 bits per heavy atom. The molecule has 0 radical (unpaired) electrons. The number of aromatic nitrogens is 1. The molecule has 0 aliphatic heterocycles. The maximum Gasteiger partial charge on any atom is 0.256 e. The molecule has 0 bridgehead atoms. The lowest BCUT2D eigenvalue weighted by Gasteiger charge is -2.23. The molecule has 0 atom stereocenters. The van der Waals surface area contributed by atoms with Gasteiger partial charge in [-0.2, -0.15) is 0 Å². The van der Waals surface area contributed by atoms with E-state index in [9.17, 15) is 14.4 Å². The van der Waals surface area contributed by atoms with Crippen molar-refractivity contribution in [2.75, 3.05) is 11.1 Å². The van der Waals surface area contributed by atoms with Gasteiger partial charge < -0.3 is 16.4 Å². The number of nitrogens with one attached hydrogen (secondary N) is 2. The van der Waals surface area contributed by atoms with Gasteiger partial charge in [0.2, 0.25) is 5.91 Å². The standard InChI is InChI=1S/C23H24N4O3S2/c24-20(28)13-31-23-27-18-11-10-15(12-19(18)32-23)26-22(30)17-9-5-4-8-16(17)21(29)25-14-6-2-1-3-7-14/h4-5,8-12,14H,1-3,6-7,13H2,(H2,24,28)(H,25,29)(H,26,30). The molecule has 32 heavy (non-hydrogen) atoms. The van der Waals surface area contributed by atoms with Crippen molar-refractivity contribution < 1.29 is 14.4 Å². The molecule has 2 aromatic carbocycles. The van der Waals surface area contributed by atoms with E-state index in [2.05, 4.69) is 15.6 Å². The quantitative estimate of drug-likeness (QED) is 0.450. The molecule has 3 aromatic rings. The first-order valence-corrected chi connectivity index (χ1v) is 12.3. The van der Waals surface area contributed by atoms with Crippen LogP contribution in [0.2, 0.25) is 0 Å². The van der Waals surface area contributed by atoms with Crippen LogP contribution in [-0.4, -0.2) is 34.5 Å². The molecule has 1 aliphatic carbocycles. The van der Waals surface area contributed by atoms with Crippen LogP contribution in [0.4, 0.5) is 5.69 Å². The van der Waals surface area contributed by atoms with Crippen molar-refractivity contribution in [3.05, 3.63) is 53.6 Å². The predicted octanol–water partition coefficient (Wildman–Crippen LogP) is 4.19. The lowest BCUT2D eigenvalue weighted by Crippen LogP contribution is -2.37. The Morgan fingerprint density at radius 1 is 1.03 bits per heavy atom. The fraction of sp³-hybridized carbons (Fsp3) is 0.304. The number of rotatable bonds is 7. The molecule has 7 nitrogen and oxygen atoms in total. The minimum absolute atomic E-state index is 0.169. The predicted molar refractivity (Wildman–Crippen MR) is 128 cm³/mol. The van der Waals surface area contributed by atoms with Crippen LogP contribution in [0.15, 0.2) is 46.8 Å². The van der Waals surface area contributed by atoms with Crippen molar-refractivity contribution >= 4 is 56.7 Å². The Hall–Kier alpha value is -2.91. The van der Waals surface area contributed by atoms with Crippen LogP contribution < -0.4 is 16.4 Å². The smallest absolute Gasteiger partial charge is 0.256 e. The summed E-state index contributed by atoms with van der Waals surface area (Å²) in [6, 6.07) is 12.5. The molecule has 3 amide bonds. The van der Waals surface area contributed by atoms with Crippen molar-refractivity contribution in [3.8, 4) is 0 Å². The maximum atomic E-state index is 13.0. The van der Waals surface area contributed by atoms with Crippen LogP contribution in [0.5, 0.6) is 0 Å². The summed E-state index contributed by atoms with van der Waals surface area (Å²) in [7, 11) is 0. The lowest BCUT2D eigenvalue weighted by molar-refractivity contribution is -0.115. The van der Waals surface area contributed by atoms with Crippen LogP contribution in [0.1, 0.15) is 52.8 Å². The largest absolute Gasteiger partial charge is 0.369 e. The second-order valence-electron chi connectivity index (χ2n) is 7.73. The minimum Gasteiger partial charge on any atom is -0.369 e. The summed E-state index contributed by atoms with van der Waals surface area (Å²) in [5.74, 6) is -0.778. The number of hydrogen-bond acceptors (Lipinski definition) is 6. The van der Waals surface area contributed by atoms with Gasteiger partial charge in [0, 0.05) is 11.7 Å². The van der Waals surface area contributed by atoms with Crippen LogP contribution in [0.3, 0.4) is 0 Å². The van der Waals surface area contributed by atoms with Crippen molar-refractivity contribution in [3.63, 3.8) is 0 Å². The number of hydrogen-bond donors (Lipinski definition) is 3. The van der Waals surface area contributed by atoms with Crippen LogP contribution in [0.25, 0.3) is 10.2 Å². The molecule has 1 heterocycles. The average molecular weight is 469 g/mol. The molecule has 0 saturated heterocycles. The third kappa shape index (κ3) is 5.46. The van der Waals surface area contributed by atoms with E-state index in [-0.39, 0.29) is 23.6 Å². The summed E-state index contributed by atoms with van der Waals surface area (Å²) in [5.41, 5.74) is 7.30. The number of primary amides is 1. The molecule has 1 aliphatic rings. The Kier molecular flexibility index (Phi) is 7.06. The third-order valence-corrected chi connectivity index (χ3v) is 7.50. The number of nitrogens with zero attached hydrogens (tertiary/aromatic N) is 1. The lowest BCUT2D eigenvalue weighted by atomic mass is 9.95.